The number of hydrogen-bond donors (Lipinski definition) is 0. The molecule has 1 aliphatic rings. The number of alkyl halides is 1. The topological polar surface area (TPSA) is 38.1 Å². The van der Waals surface area contributed by atoms with Crippen LogP contribution in [0.4, 0.5) is 0 Å². The number of rotatable bonds is 3. The molecule has 100 valence electrons. The number of halogens is 1. The second-order valence-electron chi connectivity index (χ2n) is 4.66. The molecule has 5 heteroatoms. The van der Waals surface area contributed by atoms with E-state index in [0.29, 0.717) is 4.83 Å². The monoisotopic (exact) mass is 313 g/mol. The minimum Gasteiger partial charge on any atom is -0.337 e. The molecule has 1 aromatic rings. The Balaban J connectivity index is 2.15. The van der Waals surface area contributed by atoms with E-state index in [2.05, 4.69) is 28.0 Å². The first kappa shape index (κ1) is 13.6. The van der Waals surface area contributed by atoms with Gasteiger partial charge in [-0.25, -0.2) is 0 Å². The number of hydrogen-bond acceptors (Lipinski definition) is 2. The van der Waals surface area contributed by atoms with E-state index in [-0.39, 0.29) is 5.91 Å². The number of carbonyl (C=O) groups excluding carboxylic acids is 1. The average Bonchev–Trinajstić information content (AvgIpc) is 2.82. The van der Waals surface area contributed by atoms with Gasteiger partial charge in [0.05, 0.1) is 5.69 Å². The van der Waals surface area contributed by atoms with Crippen LogP contribution in [-0.2, 0) is 13.0 Å². The zero-order valence-electron chi connectivity index (χ0n) is 11.0. The summed E-state index contributed by atoms with van der Waals surface area (Å²) in [5.41, 5.74) is 1.73. The fraction of sp³-hybridized carbons (Fsp3) is 0.692. The van der Waals surface area contributed by atoms with Crippen molar-refractivity contribution in [2.75, 3.05) is 13.1 Å². The summed E-state index contributed by atoms with van der Waals surface area (Å²) in [6.45, 7) is 6.51. The molecular formula is C13H20BrN3O. The van der Waals surface area contributed by atoms with Crippen molar-refractivity contribution in [3.8, 4) is 0 Å². The molecule has 0 bridgehead atoms. The molecule has 0 atom stereocenters. The Morgan fingerprint density at radius 2 is 2.11 bits per heavy atom. The summed E-state index contributed by atoms with van der Waals surface area (Å²) in [5.74, 6) is 0.128. The fourth-order valence-electron chi connectivity index (χ4n) is 2.27. The van der Waals surface area contributed by atoms with Crippen molar-refractivity contribution < 1.29 is 4.79 Å². The molecule has 0 unspecified atom stereocenters. The van der Waals surface area contributed by atoms with Crippen molar-refractivity contribution in [1.29, 1.82) is 0 Å². The van der Waals surface area contributed by atoms with E-state index in [0.717, 1.165) is 50.3 Å². The van der Waals surface area contributed by atoms with Gasteiger partial charge in [0.15, 0.2) is 0 Å². The predicted octanol–water partition coefficient (Wildman–Crippen LogP) is 2.46. The highest BCUT2D eigenvalue weighted by atomic mass is 79.9. The van der Waals surface area contributed by atoms with Gasteiger partial charge in [-0.15, -0.1) is 0 Å². The second-order valence-corrected chi connectivity index (χ2v) is 5.95. The number of amides is 1. The molecule has 0 radical (unpaired) electrons. The zero-order valence-corrected chi connectivity index (χ0v) is 12.6. The summed E-state index contributed by atoms with van der Waals surface area (Å²) in [6.07, 6.45) is 2.94. The predicted molar refractivity (Wildman–Crippen MR) is 75.1 cm³/mol. The number of aryl methyl sites for hydroxylation is 2. The third-order valence-electron chi connectivity index (χ3n) is 3.42. The molecule has 1 aromatic heterocycles. The summed E-state index contributed by atoms with van der Waals surface area (Å²) in [4.78, 5) is 15.0. The lowest BCUT2D eigenvalue weighted by atomic mass is 10.1. The summed E-state index contributed by atoms with van der Waals surface area (Å²) < 4.78 is 1.82. The molecule has 0 saturated carbocycles. The molecule has 0 N–H and O–H groups in total. The highest BCUT2D eigenvalue weighted by Gasteiger charge is 2.24. The SMILES string of the molecule is CCc1cc(C(=O)N2CCC(Br)CC2)n(CC)n1. The molecule has 0 aromatic carbocycles. The van der Waals surface area contributed by atoms with Gasteiger partial charge in [-0.05, 0) is 32.3 Å². The quantitative estimate of drug-likeness (QED) is 0.804. The van der Waals surface area contributed by atoms with Crippen LogP contribution in [0.15, 0.2) is 6.07 Å². The molecule has 2 rings (SSSR count). The van der Waals surface area contributed by atoms with E-state index in [1.807, 2.05) is 22.6 Å². The summed E-state index contributed by atoms with van der Waals surface area (Å²) in [5, 5.41) is 4.44. The van der Waals surface area contributed by atoms with Gasteiger partial charge >= 0.3 is 0 Å². The van der Waals surface area contributed by atoms with Crippen LogP contribution in [0.2, 0.25) is 0 Å². The van der Waals surface area contributed by atoms with Gasteiger partial charge in [-0.2, -0.15) is 5.10 Å². The molecule has 1 amide bonds. The van der Waals surface area contributed by atoms with E-state index >= 15 is 0 Å². The molecule has 18 heavy (non-hydrogen) atoms. The van der Waals surface area contributed by atoms with Crippen molar-refractivity contribution in [3.05, 3.63) is 17.5 Å². The van der Waals surface area contributed by atoms with Crippen LogP contribution in [0.3, 0.4) is 0 Å². The highest BCUT2D eigenvalue weighted by molar-refractivity contribution is 9.09. The molecule has 1 aliphatic heterocycles. The van der Waals surface area contributed by atoms with Gasteiger partial charge in [0, 0.05) is 24.5 Å². The summed E-state index contributed by atoms with van der Waals surface area (Å²) in [7, 11) is 0. The van der Waals surface area contributed by atoms with Crippen LogP contribution in [0, 0.1) is 0 Å². The first-order valence-corrected chi connectivity index (χ1v) is 7.57. The van der Waals surface area contributed by atoms with Crippen molar-refractivity contribution in [3.63, 3.8) is 0 Å². The molecule has 4 nitrogen and oxygen atoms in total. The smallest absolute Gasteiger partial charge is 0.272 e. The van der Waals surface area contributed by atoms with Gasteiger partial charge in [0.2, 0.25) is 0 Å². The normalized spacial score (nSPS) is 17.2. The highest BCUT2D eigenvalue weighted by Crippen LogP contribution is 2.19. The van der Waals surface area contributed by atoms with Gasteiger partial charge in [-0.1, -0.05) is 22.9 Å². The van der Waals surface area contributed by atoms with Crippen LogP contribution in [0.1, 0.15) is 42.9 Å². The summed E-state index contributed by atoms with van der Waals surface area (Å²) >= 11 is 3.61. The lowest BCUT2D eigenvalue weighted by molar-refractivity contribution is 0.0716. The lowest BCUT2D eigenvalue weighted by Gasteiger charge is -2.29. The first-order chi connectivity index (χ1) is 8.65. The van der Waals surface area contributed by atoms with Crippen molar-refractivity contribution in [1.82, 2.24) is 14.7 Å². The van der Waals surface area contributed by atoms with Crippen LogP contribution in [0.25, 0.3) is 0 Å². The van der Waals surface area contributed by atoms with Crippen molar-refractivity contribution in [2.24, 2.45) is 0 Å². The standard InChI is InChI=1S/C13H20BrN3O/c1-3-11-9-12(17(4-2)15-11)13(18)16-7-5-10(14)6-8-16/h9-10H,3-8H2,1-2H3. The molecule has 2 heterocycles. The number of carbonyl (C=O) groups is 1. The number of aromatic nitrogens is 2. The van der Waals surface area contributed by atoms with Crippen molar-refractivity contribution in [2.45, 2.75) is 44.5 Å². The third kappa shape index (κ3) is 2.76. The zero-order chi connectivity index (χ0) is 13.1. The maximum Gasteiger partial charge on any atom is 0.272 e. The largest absolute Gasteiger partial charge is 0.337 e. The molecule has 0 spiro atoms. The van der Waals surface area contributed by atoms with E-state index in [9.17, 15) is 4.79 Å². The Morgan fingerprint density at radius 1 is 1.44 bits per heavy atom. The Labute approximate surface area is 116 Å². The Kier molecular flexibility index (Phi) is 4.43. The summed E-state index contributed by atoms with van der Waals surface area (Å²) in [6, 6.07) is 1.94. The third-order valence-corrected chi connectivity index (χ3v) is 4.34. The number of nitrogens with zero attached hydrogens (tertiary/aromatic N) is 3. The maximum atomic E-state index is 12.5. The Morgan fingerprint density at radius 3 is 2.67 bits per heavy atom. The minimum absolute atomic E-state index is 0.128. The number of likely N-dealkylation sites (tertiary alicyclic amines) is 1. The van der Waals surface area contributed by atoms with E-state index in [1.165, 1.54) is 0 Å². The van der Waals surface area contributed by atoms with Gasteiger partial charge in [-0.3, -0.25) is 9.48 Å². The molecule has 1 saturated heterocycles. The minimum atomic E-state index is 0.128. The number of piperidine rings is 1. The van der Waals surface area contributed by atoms with Crippen LogP contribution in [-0.4, -0.2) is 38.5 Å². The first-order valence-electron chi connectivity index (χ1n) is 6.65. The lowest BCUT2D eigenvalue weighted by Crippen LogP contribution is -2.39. The Hall–Kier alpha value is -0.840. The molecule has 0 aliphatic carbocycles. The second kappa shape index (κ2) is 5.87. The van der Waals surface area contributed by atoms with Gasteiger partial charge in [0.25, 0.3) is 5.91 Å². The van der Waals surface area contributed by atoms with Gasteiger partial charge < -0.3 is 4.90 Å². The van der Waals surface area contributed by atoms with Crippen LogP contribution >= 0.6 is 15.9 Å². The van der Waals surface area contributed by atoms with Crippen LogP contribution in [0.5, 0.6) is 0 Å². The fourth-order valence-corrected chi connectivity index (χ4v) is 2.68. The van der Waals surface area contributed by atoms with E-state index in [1.54, 1.807) is 0 Å². The van der Waals surface area contributed by atoms with E-state index in [4.69, 9.17) is 0 Å². The average molecular weight is 314 g/mol. The van der Waals surface area contributed by atoms with Crippen molar-refractivity contribution >= 4 is 21.8 Å². The molecular weight excluding hydrogens is 294 g/mol. The maximum absolute atomic E-state index is 12.5. The van der Waals surface area contributed by atoms with E-state index < -0.39 is 0 Å². The van der Waals surface area contributed by atoms with Crippen LogP contribution < -0.4 is 0 Å². The van der Waals surface area contributed by atoms with Gasteiger partial charge in [0.1, 0.15) is 5.69 Å². The Bertz CT molecular complexity index is 422. The molecule has 1 fully saturated rings.